The summed E-state index contributed by atoms with van der Waals surface area (Å²) in [5.41, 5.74) is 1.63. The summed E-state index contributed by atoms with van der Waals surface area (Å²) < 4.78 is 0. The summed E-state index contributed by atoms with van der Waals surface area (Å²) in [6, 6.07) is 0. The summed E-state index contributed by atoms with van der Waals surface area (Å²) in [6.45, 7) is 12.9. The van der Waals surface area contributed by atoms with Crippen LogP contribution in [0.3, 0.4) is 0 Å². The van der Waals surface area contributed by atoms with Gasteiger partial charge in [-0.3, -0.25) is 0 Å². The van der Waals surface area contributed by atoms with Crippen molar-refractivity contribution in [2.45, 2.75) is 53.4 Å². The predicted molar refractivity (Wildman–Crippen MR) is 66.4 cm³/mol. The highest BCUT2D eigenvalue weighted by Crippen LogP contribution is 2.24. The van der Waals surface area contributed by atoms with Crippen molar-refractivity contribution in [3.8, 4) is 0 Å². The number of allylic oxidation sites excluding steroid dienone is 3. The molecule has 82 valence electrons. The second-order valence-corrected chi connectivity index (χ2v) is 4.11. The first kappa shape index (κ1) is 13.5. The van der Waals surface area contributed by atoms with Gasteiger partial charge in [0.1, 0.15) is 0 Å². The number of hydrogen-bond acceptors (Lipinski definition) is 0. The van der Waals surface area contributed by atoms with Crippen LogP contribution in [0.2, 0.25) is 0 Å². The van der Waals surface area contributed by atoms with Gasteiger partial charge in [0.15, 0.2) is 0 Å². The molecule has 0 rings (SSSR count). The van der Waals surface area contributed by atoms with E-state index in [-0.39, 0.29) is 0 Å². The topological polar surface area (TPSA) is 0 Å². The van der Waals surface area contributed by atoms with Crippen molar-refractivity contribution in [1.29, 1.82) is 0 Å². The number of hydrogen-bond donors (Lipinski definition) is 0. The van der Waals surface area contributed by atoms with E-state index in [1.165, 1.54) is 19.3 Å². The molecule has 0 aliphatic heterocycles. The zero-order valence-corrected chi connectivity index (χ0v) is 10.3. The highest BCUT2D eigenvalue weighted by Gasteiger charge is 2.09. The molecule has 0 fully saturated rings. The van der Waals surface area contributed by atoms with E-state index in [4.69, 9.17) is 0 Å². The van der Waals surface area contributed by atoms with Gasteiger partial charge in [-0.25, -0.2) is 0 Å². The standard InChI is InChI=1S/C14H26/c1-6-10-13(8-3)14(9-4)11-12(5)7-2/h6,11-13H,1,7-10H2,2-5H3. The average Bonchev–Trinajstić information content (AvgIpc) is 2.22. The van der Waals surface area contributed by atoms with Crippen molar-refractivity contribution in [2.75, 3.05) is 0 Å². The Balaban J connectivity index is 4.48. The summed E-state index contributed by atoms with van der Waals surface area (Å²) in [5, 5.41) is 0. The first-order chi connectivity index (χ1) is 6.69. The van der Waals surface area contributed by atoms with E-state index < -0.39 is 0 Å². The summed E-state index contributed by atoms with van der Waals surface area (Å²) in [4.78, 5) is 0. The lowest BCUT2D eigenvalue weighted by molar-refractivity contribution is 0.567. The molecule has 0 heteroatoms. The molecule has 0 radical (unpaired) electrons. The first-order valence-corrected chi connectivity index (χ1v) is 6.00. The van der Waals surface area contributed by atoms with E-state index in [9.17, 15) is 0 Å². The molecule has 2 unspecified atom stereocenters. The van der Waals surface area contributed by atoms with Crippen molar-refractivity contribution < 1.29 is 0 Å². The Hall–Kier alpha value is -0.520. The smallest absolute Gasteiger partial charge is 0.0171 e. The number of rotatable bonds is 7. The van der Waals surface area contributed by atoms with Gasteiger partial charge in [-0.05, 0) is 31.1 Å². The lowest BCUT2D eigenvalue weighted by atomic mass is 9.88. The Kier molecular flexibility index (Phi) is 7.55. The van der Waals surface area contributed by atoms with E-state index in [2.05, 4.69) is 40.3 Å². The third-order valence-corrected chi connectivity index (χ3v) is 3.02. The molecule has 0 aromatic carbocycles. The highest BCUT2D eigenvalue weighted by molar-refractivity contribution is 5.09. The molecule has 0 saturated heterocycles. The van der Waals surface area contributed by atoms with E-state index in [0.717, 1.165) is 18.3 Å². The molecule has 0 aliphatic rings. The third kappa shape index (κ3) is 4.64. The summed E-state index contributed by atoms with van der Waals surface area (Å²) >= 11 is 0. The molecular formula is C14H26. The van der Waals surface area contributed by atoms with Crippen molar-refractivity contribution in [3.05, 3.63) is 24.3 Å². The van der Waals surface area contributed by atoms with Crippen molar-refractivity contribution >= 4 is 0 Å². The lowest BCUT2D eigenvalue weighted by Gasteiger charge is -2.17. The monoisotopic (exact) mass is 194 g/mol. The van der Waals surface area contributed by atoms with E-state index in [0.29, 0.717) is 0 Å². The van der Waals surface area contributed by atoms with Crippen LogP contribution in [-0.2, 0) is 0 Å². The van der Waals surface area contributed by atoms with Crippen LogP contribution in [0.1, 0.15) is 53.4 Å². The van der Waals surface area contributed by atoms with Gasteiger partial charge in [0.05, 0.1) is 0 Å². The maximum atomic E-state index is 3.84. The molecule has 0 aromatic rings. The molecule has 0 heterocycles. The Bertz CT molecular complexity index is 176. The molecule has 0 amide bonds. The van der Waals surface area contributed by atoms with Gasteiger partial charge in [0, 0.05) is 0 Å². The quantitative estimate of drug-likeness (QED) is 0.502. The molecule has 0 bridgehead atoms. The SMILES string of the molecule is C=CCC(CC)C(=CC(C)CC)CC. The highest BCUT2D eigenvalue weighted by atomic mass is 14.1. The maximum Gasteiger partial charge on any atom is -0.0171 e. The van der Waals surface area contributed by atoms with E-state index >= 15 is 0 Å². The third-order valence-electron chi connectivity index (χ3n) is 3.02. The normalized spacial score (nSPS) is 16.4. The second kappa shape index (κ2) is 7.84. The Morgan fingerprint density at radius 2 is 1.86 bits per heavy atom. The molecular weight excluding hydrogens is 168 g/mol. The second-order valence-electron chi connectivity index (χ2n) is 4.11. The zero-order chi connectivity index (χ0) is 11.0. The summed E-state index contributed by atoms with van der Waals surface area (Å²) in [7, 11) is 0. The van der Waals surface area contributed by atoms with Crippen LogP contribution in [0.5, 0.6) is 0 Å². The summed E-state index contributed by atoms with van der Waals surface area (Å²) in [5.74, 6) is 1.45. The van der Waals surface area contributed by atoms with Crippen molar-refractivity contribution in [1.82, 2.24) is 0 Å². The molecule has 0 nitrogen and oxygen atoms in total. The molecule has 14 heavy (non-hydrogen) atoms. The van der Waals surface area contributed by atoms with Crippen molar-refractivity contribution in [2.24, 2.45) is 11.8 Å². The van der Waals surface area contributed by atoms with Crippen LogP contribution < -0.4 is 0 Å². The van der Waals surface area contributed by atoms with Gasteiger partial charge >= 0.3 is 0 Å². The van der Waals surface area contributed by atoms with Crippen LogP contribution >= 0.6 is 0 Å². The maximum absolute atomic E-state index is 3.84. The minimum atomic E-state index is 0.726. The Morgan fingerprint density at radius 1 is 1.21 bits per heavy atom. The average molecular weight is 194 g/mol. The van der Waals surface area contributed by atoms with Crippen LogP contribution in [-0.4, -0.2) is 0 Å². The van der Waals surface area contributed by atoms with Gasteiger partial charge in [-0.1, -0.05) is 51.8 Å². The molecule has 2 atom stereocenters. The Morgan fingerprint density at radius 3 is 2.21 bits per heavy atom. The largest absolute Gasteiger partial charge is 0.103 e. The summed E-state index contributed by atoms with van der Waals surface area (Å²) in [6.07, 6.45) is 9.32. The van der Waals surface area contributed by atoms with Gasteiger partial charge in [-0.2, -0.15) is 0 Å². The molecule has 0 N–H and O–H groups in total. The van der Waals surface area contributed by atoms with Crippen LogP contribution in [0.15, 0.2) is 24.3 Å². The van der Waals surface area contributed by atoms with Gasteiger partial charge in [0.2, 0.25) is 0 Å². The van der Waals surface area contributed by atoms with Crippen LogP contribution in [0.4, 0.5) is 0 Å². The van der Waals surface area contributed by atoms with E-state index in [1.54, 1.807) is 5.57 Å². The fraction of sp³-hybridized carbons (Fsp3) is 0.714. The predicted octanol–water partition coefficient (Wildman–Crippen LogP) is 4.97. The minimum Gasteiger partial charge on any atom is -0.103 e. The van der Waals surface area contributed by atoms with Gasteiger partial charge < -0.3 is 0 Å². The van der Waals surface area contributed by atoms with Gasteiger partial charge in [-0.15, -0.1) is 6.58 Å². The molecule has 0 saturated carbocycles. The Labute approximate surface area is 90.1 Å². The van der Waals surface area contributed by atoms with Crippen LogP contribution in [0.25, 0.3) is 0 Å². The minimum absolute atomic E-state index is 0.726. The fourth-order valence-corrected chi connectivity index (χ4v) is 1.81. The van der Waals surface area contributed by atoms with E-state index in [1.807, 2.05) is 6.08 Å². The fourth-order valence-electron chi connectivity index (χ4n) is 1.81. The zero-order valence-electron chi connectivity index (χ0n) is 10.3. The lowest BCUT2D eigenvalue weighted by Crippen LogP contribution is -2.03. The molecule has 0 aromatic heterocycles. The van der Waals surface area contributed by atoms with Gasteiger partial charge in [0.25, 0.3) is 0 Å². The molecule has 0 spiro atoms. The first-order valence-electron chi connectivity index (χ1n) is 6.00. The molecule has 0 aliphatic carbocycles. The van der Waals surface area contributed by atoms with Crippen LogP contribution in [0, 0.1) is 11.8 Å². The van der Waals surface area contributed by atoms with Crippen molar-refractivity contribution in [3.63, 3.8) is 0 Å².